The van der Waals surface area contributed by atoms with Gasteiger partial charge in [0.25, 0.3) is 17.7 Å². The predicted octanol–water partition coefficient (Wildman–Crippen LogP) is 4.66. The van der Waals surface area contributed by atoms with Gasteiger partial charge in [-0.2, -0.15) is 0 Å². The monoisotopic (exact) mass is 473 g/mol. The number of imide groups is 1. The molecule has 7 heteroatoms. The normalized spacial score (nSPS) is 13.4. The number of nitrogens with one attached hydrogen (secondary N) is 2. The van der Waals surface area contributed by atoms with E-state index in [-0.39, 0.29) is 16.6 Å². The number of hydrogen-bond donors (Lipinski definition) is 2. The van der Waals surface area contributed by atoms with Gasteiger partial charge in [-0.05, 0) is 54.3 Å². The summed E-state index contributed by atoms with van der Waals surface area (Å²) in [5.74, 6) is -1.36. The van der Waals surface area contributed by atoms with Crippen LogP contribution in [-0.2, 0) is 22.4 Å². The number of rotatable bonds is 8. The van der Waals surface area contributed by atoms with Crippen LogP contribution in [0, 0.1) is 0 Å². The molecule has 0 unspecified atom stereocenters. The van der Waals surface area contributed by atoms with E-state index in [1.165, 1.54) is 0 Å². The summed E-state index contributed by atoms with van der Waals surface area (Å²) >= 11 is 6.23. The molecule has 0 spiro atoms. The molecule has 172 valence electrons. The Morgan fingerprint density at radius 2 is 1.62 bits per heavy atom. The Bertz CT molecular complexity index is 1250. The number of benzene rings is 3. The second kappa shape index (κ2) is 10.4. The number of carbonyl (C=O) groups is 3. The number of carbonyl (C=O) groups excluding carboxylic acids is 3. The molecule has 2 N–H and O–H groups in total. The number of nitrogens with zero attached hydrogens (tertiary/aromatic N) is 1. The standard InChI is InChI=1S/C27H24ClN3O3/c1-2-18-11-13-22(14-12-18)31-26(33)23(28)24(27(31)34)30-21-10-6-9-20(17-21)25(32)29-16-15-19-7-4-3-5-8-19/h3-14,17,30H,2,15-16H2,1H3,(H,29,32). The van der Waals surface area contributed by atoms with E-state index >= 15 is 0 Å². The average Bonchev–Trinajstić information content (AvgIpc) is 3.08. The summed E-state index contributed by atoms with van der Waals surface area (Å²) < 4.78 is 0. The summed E-state index contributed by atoms with van der Waals surface area (Å²) in [6.07, 6.45) is 1.57. The minimum Gasteiger partial charge on any atom is -0.352 e. The number of halogens is 1. The van der Waals surface area contributed by atoms with Crippen molar-refractivity contribution in [2.45, 2.75) is 19.8 Å². The molecule has 34 heavy (non-hydrogen) atoms. The minimum absolute atomic E-state index is 0.0205. The highest BCUT2D eigenvalue weighted by atomic mass is 35.5. The van der Waals surface area contributed by atoms with E-state index in [0.29, 0.717) is 23.5 Å². The van der Waals surface area contributed by atoms with E-state index in [2.05, 4.69) is 10.6 Å². The zero-order valence-electron chi connectivity index (χ0n) is 18.7. The van der Waals surface area contributed by atoms with E-state index in [9.17, 15) is 14.4 Å². The Morgan fingerprint density at radius 3 is 2.32 bits per heavy atom. The van der Waals surface area contributed by atoms with Gasteiger partial charge in [0.1, 0.15) is 10.7 Å². The van der Waals surface area contributed by atoms with E-state index in [1.54, 1.807) is 36.4 Å². The molecular formula is C27H24ClN3O3. The van der Waals surface area contributed by atoms with Crippen molar-refractivity contribution in [3.8, 4) is 0 Å². The molecule has 3 aromatic carbocycles. The van der Waals surface area contributed by atoms with Crippen LogP contribution in [0.5, 0.6) is 0 Å². The first-order chi connectivity index (χ1) is 16.5. The Morgan fingerprint density at radius 1 is 0.882 bits per heavy atom. The largest absolute Gasteiger partial charge is 0.352 e. The molecule has 1 heterocycles. The molecule has 1 aliphatic heterocycles. The summed E-state index contributed by atoms with van der Waals surface area (Å²) in [6, 6.07) is 23.8. The molecule has 4 rings (SSSR count). The van der Waals surface area contributed by atoms with Crippen LogP contribution in [0.2, 0.25) is 0 Å². The van der Waals surface area contributed by atoms with Crippen molar-refractivity contribution < 1.29 is 14.4 Å². The number of hydrogen-bond acceptors (Lipinski definition) is 4. The van der Waals surface area contributed by atoms with Crippen LogP contribution in [0.4, 0.5) is 11.4 Å². The van der Waals surface area contributed by atoms with Crippen molar-refractivity contribution in [1.82, 2.24) is 5.32 Å². The van der Waals surface area contributed by atoms with E-state index in [0.717, 1.165) is 28.9 Å². The van der Waals surface area contributed by atoms with Crippen molar-refractivity contribution >= 4 is 40.7 Å². The first-order valence-corrected chi connectivity index (χ1v) is 11.4. The molecule has 0 saturated heterocycles. The first-order valence-electron chi connectivity index (χ1n) is 11.0. The fraction of sp³-hybridized carbons (Fsp3) is 0.148. The zero-order chi connectivity index (χ0) is 24.1. The van der Waals surface area contributed by atoms with Gasteiger partial charge in [-0.1, -0.05) is 67.1 Å². The van der Waals surface area contributed by atoms with Crippen LogP contribution >= 0.6 is 11.6 Å². The molecule has 3 aromatic rings. The Kier molecular flexibility index (Phi) is 7.09. The third-order valence-corrected chi connectivity index (χ3v) is 5.92. The fourth-order valence-corrected chi connectivity index (χ4v) is 3.89. The molecule has 0 fully saturated rings. The van der Waals surface area contributed by atoms with Crippen molar-refractivity contribution in [3.63, 3.8) is 0 Å². The summed E-state index contributed by atoms with van der Waals surface area (Å²) in [5, 5.41) is 5.63. The molecule has 0 aliphatic carbocycles. The Labute approximate surface area is 203 Å². The van der Waals surface area contributed by atoms with Gasteiger partial charge < -0.3 is 10.6 Å². The van der Waals surface area contributed by atoms with Crippen molar-refractivity contribution in [2.75, 3.05) is 16.8 Å². The zero-order valence-corrected chi connectivity index (χ0v) is 19.4. The van der Waals surface area contributed by atoms with Crippen LogP contribution in [0.3, 0.4) is 0 Å². The summed E-state index contributed by atoms with van der Waals surface area (Å²) in [5.41, 5.74) is 3.57. The van der Waals surface area contributed by atoms with E-state index < -0.39 is 11.8 Å². The lowest BCUT2D eigenvalue weighted by Crippen LogP contribution is -2.32. The van der Waals surface area contributed by atoms with Crippen LogP contribution in [0.25, 0.3) is 0 Å². The van der Waals surface area contributed by atoms with Crippen LogP contribution in [0.1, 0.15) is 28.4 Å². The topological polar surface area (TPSA) is 78.5 Å². The quantitative estimate of drug-likeness (QED) is 0.466. The van der Waals surface area contributed by atoms with Crippen LogP contribution in [0.15, 0.2) is 89.6 Å². The van der Waals surface area contributed by atoms with Gasteiger partial charge in [-0.3, -0.25) is 14.4 Å². The molecule has 6 nitrogen and oxygen atoms in total. The van der Waals surface area contributed by atoms with Gasteiger partial charge in [-0.15, -0.1) is 0 Å². The third-order valence-electron chi connectivity index (χ3n) is 5.57. The molecule has 1 aliphatic rings. The molecule has 3 amide bonds. The smallest absolute Gasteiger partial charge is 0.283 e. The van der Waals surface area contributed by atoms with Crippen molar-refractivity contribution in [1.29, 1.82) is 0 Å². The lowest BCUT2D eigenvalue weighted by Gasteiger charge is -2.15. The van der Waals surface area contributed by atoms with Crippen LogP contribution < -0.4 is 15.5 Å². The molecule has 0 aromatic heterocycles. The van der Waals surface area contributed by atoms with E-state index in [1.807, 2.05) is 49.4 Å². The molecular weight excluding hydrogens is 450 g/mol. The fourth-order valence-electron chi connectivity index (χ4n) is 3.68. The number of aryl methyl sites for hydroxylation is 1. The van der Waals surface area contributed by atoms with Gasteiger partial charge >= 0.3 is 0 Å². The van der Waals surface area contributed by atoms with Gasteiger partial charge in [-0.25, -0.2) is 4.90 Å². The Hall–Kier alpha value is -3.90. The lowest BCUT2D eigenvalue weighted by atomic mass is 10.1. The highest BCUT2D eigenvalue weighted by Crippen LogP contribution is 2.30. The SMILES string of the molecule is CCc1ccc(N2C(=O)C(Cl)=C(Nc3cccc(C(=O)NCCc4ccccc4)c3)C2=O)cc1. The summed E-state index contributed by atoms with van der Waals surface area (Å²) in [7, 11) is 0. The summed E-state index contributed by atoms with van der Waals surface area (Å²) in [6.45, 7) is 2.52. The van der Waals surface area contributed by atoms with E-state index in [4.69, 9.17) is 11.6 Å². The van der Waals surface area contributed by atoms with Gasteiger partial charge in [0.2, 0.25) is 0 Å². The van der Waals surface area contributed by atoms with Gasteiger partial charge in [0.05, 0.1) is 5.69 Å². The first kappa shape index (κ1) is 23.3. The molecule has 0 saturated carbocycles. The number of amides is 3. The van der Waals surface area contributed by atoms with Crippen molar-refractivity contribution in [3.05, 3.63) is 106 Å². The number of anilines is 2. The highest BCUT2D eigenvalue weighted by molar-refractivity contribution is 6.53. The lowest BCUT2D eigenvalue weighted by molar-refractivity contribution is -0.120. The van der Waals surface area contributed by atoms with Crippen LogP contribution in [-0.4, -0.2) is 24.3 Å². The molecule has 0 atom stereocenters. The predicted molar refractivity (Wildman–Crippen MR) is 134 cm³/mol. The second-order valence-corrected chi connectivity index (χ2v) is 8.23. The summed E-state index contributed by atoms with van der Waals surface area (Å²) in [4.78, 5) is 39.3. The average molecular weight is 474 g/mol. The Balaban J connectivity index is 1.43. The highest BCUT2D eigenvalue weighted by Gasteiger charge is 2.38. The maximum atomic E-state index is 13.0. The molecule has 0 radical (unpaired) electrons. The third kappa shape index (κ3) is 5.02. The maximum Gasteiger partial charge on any atom is 0.283 e. The van der Waals surface area contributed by atoms with Crippen molar-refractivity contribution in [2.24, 2.45) is 0 Å². The second-order valence-electron chi connectivity index (χ2n) is 7.85. The van der Waals surface area contributed by atoms with Gasteiger partial charge in [0, 0.05) is 17.8 Å². The van der Waals surface area contributed by atoms with Gasteiger partial charge in [0.15, 0.2) is 0 Å². The maximum absolute atomic E-state index is 13.0. The minimum atomic E-state index is -0.590. The molecule has 0 bridgehead atoms.